The van der Waals surface area contributed by atoms with Gasteiger partial charge in [0.25, 0.3) is 0 Å². The van der Waals surface area contributed by atoms with E-state index in [1.807, 2.05) is 6.08 Å². The van der Waals surface area contributed by atoms with Crippen molar-refractivity contribution in [2.45, 2.75) is 262 Å². The molecule has 0 aliphatic carbocycles. The summed E-state index contributed by atoms with van der Waals surface area (Å²) in [5.74, 6) is -0.187. The minimum absolute atomic E-state index is 0.187. The molecule has 0 bridgehead atoms. The Kier molecular flexibility index (Phi) is 48.2. The lowest BCUT2D eigenvalue weighted by atomic mass is 9.99. The van der Waals surface area contributed by atoms with Crippen molar-refractivity contribution in [2.75, 3.05) is 13.2 Å². The van der Waals surface area contributed by atoms with Gasteiger partial charge in [-0.25, -0.2) is 0 Å². The number of allylic oxidation sites excluding steroid dienone is 19. The first kappa shape index (κ1) is 67.6. The number of hydrogen-bond donors (Lipinski definition) is 6. The Morgan fingerprint density at radius 3 is 1.26 bits per heavy atom. The van der Waals surface area contributed by atoms with Gasteiger partial charge >= 0.3 is 0 Å². The van der Waals surface area contributed by atoms with Gasteiger partial charge in [0.05, 0.1) is 25.4 Å². The molecule has 0 saturated carbocycles. The molecule has 1 heterocycles. The third-order valence-electron chi connectivity index (χ3n) is 13.0. The van der Waals surface area contributed by atoms with Gasteiger partial charge in [0, 0.05) is 6.42 Å². The van der Waals surface area contributed by atoms with Gasteiger partial charge in [-0.15, -0.1) is 0 Å². The molecule has 6 N–H and O–H groups in total. The van der Waals surface area contributed by atoms with Crippen molar-refractivity contribution >= 4 is 5.91 Å². The van der Waals surface area contributed by atoms with Gasteiger partial charge in [-0.05, 0) is 89.9 Å². The first-order chi connectivity index (χ1) is 35.8. The first-order valence-corrected chi connectivity index (χ1v) is 29.3. The fourth-order valence-corrected chi connectivity index (χ4v) is 8.44. The fraction of sp³-hybridized carbons (Fsp3) is 0.672. The Labute approximate surface area is 446 Å². The summed E-state index contributed by atoms with van der Waals surface area (Å²) in [6.07, 6.45) is 71.3. The number of hydrogen-bond acceptors (Lipinski definition) is 8. The van der Waals surface area contributed by atoms with E-state index >= 15 is 0 Å². The summed E-state index contributed by atoms with van der Waals surface area (Å²) in [4.78, 5) is 13.0. The summed E-state index contributed by atoms with van der Waals surface area (Å²) in [5, 5.41) is 54.3. The van der Waals surface area contributed by atoms with Crippen molar-refractivity contribution in [3.05, 3.63) is 122 Å². The summed E-state index contributed by atoms with van der Waals surface area (Å²) in [6, 6.07) is -0.812. The molecule has 0 radical (unpaired) electrons. The predicted octanol–water partition coefficient (Wildman–Crippen LogP) is 14.7. The van der Waals surface area contributed by atoms with Crippen LogP contribution >= 0.6 is 0 Å². The molecule has 9 nitrogen and oxygen atoms in total. The number of aliphatic hydroxyl groups is 5. The molecular weight excluding hydrogens is 911 g/mol. The number of aliphatic hydroxyl groups excluding tert-OH is 5. The molecule has 1 aliphatic heterocycles. The van der Waals surface area contributed by atoms with E-state index in [-0.39, 0.29) is 12.5 Å². The third kappa shape index (κ3) is 41.5. The molecule has 1 fully saturated rings. The summed E-state index contributed by atoms with van der Waals surface area (Å²) >= 11 is 0. The molecule has 0 aromatic rings. The number of nitrogens with one attached hydrogen (secondary N) is 1. The lowest BCUT2D eigenvalue weighted by Crippen LogP contribution is -2.60. The minimum atomic E-state index is -1.57. The van der Waals surface area contributed by atoms with Gasteiger partial charge in [-0.3, -0.25) is 4.79 Å². The molecule has 0 spiro atoms. The molecule has 9 heteroatoms. The van der Waals surface area contributed by atoms with Crippen molar-refractivity contribution in [1.82, 2.24) is 5.32 Å². The van der Waals surface area contributed by atoms with E-state index in [0.29, 0.717) is 6.42 Å². The van der Waals surface area contributed by atoms with Gasteiger partial charge in [0.15, 0.2) is 6.29 Å². The number of amides is 1. The SMILES string of the molecule is CC/C=C\C/C=C\C/C=C\C/C=C\C/C=C\C/C=C\C/C=C\C/C=C\C/C=C\CCCCCCCCCCCCCC(=O)NC(COC1OC(CO)C(O)C(O)C1O)C(O)/C=C/CCCCCCCCCCC. The summed E-state index contributed by atoms with van der Waals surface area (Å²) < 4.78 is 11.2. The van der Waals surface area contributed by atoms with Crippen LogP contribution in [-0.2, 0) is 14.3 Å². The highest BCUT2D eigenvalue weighted by Gasteiger charge is 2.44. The van der Waals surface area contributed by atoms with Crippen molar-refractivity contribution < 1.29 is 39.8 Å². The molecule has 416 valence electrons. The summed E-state index contributed by atoms with van der Waals surface area (Å²) in [6.45, 7) is 3.63. The standard InChI is InChI=1S/C64H107NO8/c1-3-5-7-9-11-13-15-16-17-18-19-20-21-22-23-24-25-26-27-28-29-30-31-32-33-34-35-36-37-38-39-40-41-42-44-46-48-50-52-54-60(68)65-57(56-72-64-63(71)62(70)61(69)59(55-66)73-64)58(67)53-51-49-47-45-43-14-12-10-8-6-4-2/h5,7,11,13,16-17,19-20,22-23,25-26,28-29,31-32,34-35,51,53,57-59,61-64,66-67,69-71H,3-4,6,8-10,12,14-15,18,21,24,27,30,33,36-50,52,54-56H2,1-2H3,(H,65,68)/b7-5-,13-11-,17-16-,20-19-,23-22-,26-25-,29-28-,32-31-,35-34-,53-51+. The van der Waals surface area contributed by atoms with E-state index in [2.05, 4.69) is 129 Å². The molecule has 0 aromatic heterocycles. The molecule has 73 heavy (non-hydrogen) atoms. The van der Waals surface area contributed by atoms with Crippen LogP contribution in [0.4, 0.5) is 0 Å². The normalized spacial score (nSPS) is 20.0. The Hall–Kier alpha value is -3.41. The molecule has 7 unspecified atom stereocenters. The fourth-order valence-electron chi connectivity index (χ4n) is 8.44. The van der Waals surface area contributed by atoms with E-state index in [1.165, 1.54) is 96.3 Å². The molecule has 1 rings (SSSR count). The lowest BCUT2D eigenvalue weighted by Gasteiger charge is -2.40. The van der Waals surface area contributed by atoms with Crippen molar-refractivity contribution in [3.8, 4) is 0 Å². The number of ether oxygens (including phenoxy) is 2. The topological polar surface area (TPSA) is 149 Å². The predicted molar refractivity (Wildman–Crippen MR) is 308 cm³/mol. The summed E-state index contributed by atoms with van der Waals surface area (Å²) in [5.41, 5.74) is 0. The van der Waals surface area contributed by atoms with Crippen LogP contribution in [0.5, 0.6) is 0 Å². The van der Waals surface area contributed by atoms with Crippen molar-refractivity contribution in [2.24, 2.45) is 0 Å². The minimum Gasteiger partial charge on any atom is -0.394 e. The number of rotatable bonds is 48. The molecular formula is C64H107NO8. The quantitative estimate of drug-likeness (QED) is 0.0261. The highest BCUT2D eigenvalue weighted by Crippen LogP contribution is 2.23. The molecule has 1 saturated heterocycles. The van der Waals surface area contributed by atoms with E-state index in [9.17, 15) is 30.3 Å². The zero-order valence-electron chi connectivity index (χ0n) is 46.1. The lowest BCUT2D eigenvalue weighted by molar-refractivity contribution is -0.302. The second kappa shape index (κ2) is 52.0. The van der Waals surface area contributed by atoms with E-state index in [4.69, 9.17) is 9.47 Å². The maximum absolute atomic E-state index is 13.0. The maximum atomic E-state index is 13.0. The Morgan fingerprint density at radius 1 is 0.479 bits per heavy atom. The molecule has 0 aromatic carbocycles. The first-order valence-electron chi connectivity index (χ1n) is 29.3. The zero-order chi connectivity index (χ0) is 52.9. The van der Waals surface area contributed by atoms with Crippen molar-refractivity contribution in [3.63, 3.8) is 0 Å². The van der Waals surface area contributed by atoms with Crippen molar-refractivity contribution in [1.29, 1.82) is 0 Å². The van der Waals surface area contributed by atoms with Gasteiger partial charge in [-0.2, -0.15) is 0 Å². The molecule has 7 atom stereocenters. The van der Waals surface area contributed by atoms with E-state index in [0.717, 1.165) is 103 Å². The van der Waals surface area contributed by atoms with E-state index in [1.54, 1.807) is 6.08 Å². The third-order valence-corrected chi connectivity index (χ3v) is 13.0. The average Bonchev–Trinajstić information content (AvgIpc) is 3.39. The van der Waals surface area contributed by atoms with Gasteiger partial charge in [0.2, 0.25) is 5.91 Å². The number of carbonyl (C=O) groups is 1. The van der Waals surface area contributed by atoms with Crippen LogP contribution in [0, 0.1) is 0 Å². The van der Waals surface area contributed by atoms with Crippen LogP contribution in [-0.4, -0.2) is 87.5 Å². The molecule has 1 amide bonds. The largest absolute Gasteiger partial charge is 0.394 e. The smallest absolute Gasteiger partial charge is 0.220 e. The summed E-state index contributed by atoms with van der Waals surface area (Å²) in [7, 11) is 0. The Morgan fingerprint density at radius 2 is 0.849 bits per heavy atom. The second-order valence-corrected chi connectivity index (χ2v) is 19.7. The highest BCUT2D eigenvalue weighted by molar-refractivity contribution is 5.76. The monoisotopic (exact) mass is 1020 g/mol. The van der Waals surface area contributed by atoms with Crippen LogP contribution < -0.4 is 5.32 Å². The average molecular weight is 1020 g/mol. The van der Waals surface area contributed by atoms with Crippen LogP contribution in [0.25, 0.3) is 0 Å². The number of carbonyl (C=O) groups excluding carboxylic acids is 1. The van der Waals surface area contributed by atoms with Crippen LogP contribution in [0.3, 0.4) is 0 Å². The highest BCUT2D eigenvalue weighted by atomic mass is 16.7. The van der Waals surface area contributed by atoms with Crippen LogP contribution in [0.1, 0.15) is 219 Å². The van der Waals surface area contributed by atoms with E-state index < -0.39 is 49.5 Å². The van der Waals surface area contributed by atoms with Gasteiger partial charge in [0.1, 0.15) is 24.4 Å². The second-order valence-electron chi connectivity index (χ2n) is 19.7. The van der Waals surface area contributed by atoms with Crippen LogP contribution in [0.2, 0.25) is 0 Å². The molecule has 1 aliphatic rings. The van der Waals surface area contributed by atoms with Crippen LogP contribution in [0.15, 0.2) is 122 Å². The Balaban J connectivity index is 2.12. The van der Waals surface area contributed by atoms with Gasteiger partial charge < -0.3 is 40.3 Å². The maximum Gasteiger partial charge on any atom is 0.220 e. The number of unbranched alkanes of at least 4 members (excludes halogenated alkanes) is 20. The van der Waals surface area contributed by atoms with Gasteiger partial charge in [-0.1, -0.05) is 245 Å². The Bertz CT molecular complexity index is 1560. The zero-order valence-corrected chi connectivity index (χ0v) is 46.1.